The molecule has 112 heavy (non-hydrogen) atoms. The molecule has 0 aliphatic heterocycles. The van der Waals surface area contributed by atoms with Crippen LogP contribution in [0.15, 0.2) is 346 Å². The maximum absolute atomic E-state index is 11.5. The van der Waals surface area contributed by atoms with Crippen LogP contribution in [-0.2, 0) is 10.8 Å². The van der Waals surface area contributed by atoms with Crippen molar-refractivity contribution in [3.05, 3.63) is 369 Å². The summed E-state index contributed by atoms with van der Waals surface area (Å²) in [6.45, 7) is 12.7. The molecule has 4 aromatic heterocycles. The van der Waals surface area contributed by atoms with E-state index in [1.54, 1.807) is 0 Å². The first-order valence-corrected chi connectivity index (χ1v) is 37.7. The fraction of sp³-hybridized carbons (Fsp3) is 0.0792. The normalized spacial score (nSPS) is 11.6. The van der Waals surface area contributed by atoms with Gasteiger partial charge in [-0.05, 0) is 161 Å². The van der Waals surface area contributed by atoms with Gasteiger partial charge in [-0.2, -0.15) is 10.5 Å². The van der Waals surface area contributed by atoms with Gasteiger partial charge in [0.15, 0.2) is 11.6 Å². The van der Waals surface area contributed by atoms with Gasteiger partial charge >= 0.3 is 0 Å². The Kier molecular flexibility index (Phi) is 17.6. The Morgan fingerprint density at radius 3 is 1.16 bits per heavy atom. The molecule has 4 heterocycles. The Morgan fingerprint density at radius 2 is 0.643 bits per heavy atom. The van der Waals surface area contributed by atoms with Crippen LogP contribution in [0.3, 0.4) is 0 Å². The predicted molar refractivity (Wildman–Crippen MR) is 458 cm³/mol. The van der Waals surface area contributed by atoms with Gasteiger partial charge in [-0.1, -0.05) is 260 Å². The van der Waals surface area contributed by atoms with Gasteiger partial charge in [0.1, 0.15) is 23.8 Å². The van der Waals surface area contributed by atoms with Crippen molar-refractivity contribution in [1.29, 1.82) is 10.5 Å². The summed E-state index contributed by atoms with van der Waals surface area (Å²) in [6.07, 6.45) is 0. The number of nitriles is 2. The molecule has 0 saturated carbocycles. The molecule has 0 spiro atoms. The van der Waals surface area contributed by atoms with Crippen molar-refractivity contribution in [1.82, 2.24) is 34.1 Å². The molecule has 0 N–H and O–H groups in total. The van der Waals surface area contributed by atoms with Crippen LogP contribution in [-0.4, -0.2) is 34.1 Å². The molecule has 0 unspecified atom stereocenters. The number of hydrogen-bond acceptors (Lipinski definition) is 9. The molecule has 0 aliphatic rings. The maximum atomic E-state index is 11.5. The molecular formula is C101H75N11. The van der Waals surface area contributed by atoms with Gasteiger partial charge in [0.25, 0.3) is 0 Å². The Bertz CT molecular complexity index is 6620. The largest absolute Gasteiger partial charge is 0.308 e. The van der Waals surface area contributed by atoms with Crippen LogP contribution < -0.4 is 9.80 Å². The van der Waals surface area contributed by atoms with Crippen LogP contribution in [0, 0.1) is 22.7 Å². The highest BCUT2D eigenvalue weighted by molar-refractivity contribution is 6.18. The summed E-state index contributed by atoms with van der Waals surface area (Å²) in [6, 6.07) is 126. The lowest BCUT2D eigenvalue weighted by Gasteiger charge is -2.28. The minimum Gasteiger partial charge on any atom is -0.308 e. The minimum absolute atomic E-state index is 0.353. The summed E-state index contributed by atoms with van der Waals surface area (Å²) >= 11 is 0. The fourth-order valence-electron chi connectivity index (χ4n) is 15.4. The first kappa shape index (κ1) is 69.1. The lowest BCUT2D eigenvalue weighted by atomic mass is 9.93. The highest BCUT2D eigenvalue weighted by atomic mass is 15.2. The van der Waals surface area contributed by atoms with Gasteiger partial charge < -0.3 is 18.9 Å². The number of nitrogens with zero attached hydrogens (tertiary/aromatic N) is 11. The van der Waals surface area contributed by atoms with Crippen LogP contribution in [0.25, 0.3) is 134 Å². The van der Waals surface area contributed by atoms with Crippen LogP contribution >= 0.6 is 0 Å². The second kappa shape index (κ2) is 28.5. The SMILES string of the molecule is CC(C)(C)c1nc(-c2ccc(-n3c4ccc(-c5ccccc5)cc4c4cc(-c5ccccc5)cc(N(c5ccccc5)c5ccc(-c6ccc(-c7cc(-c8ccccc8)nc(-c8ccc(-n9c%10ccccc%10c%10cccc(N(c%11ccccc%11)c%11ccccc%11)c%109)c(C#N)c8)n7)cc6)cc5)c43)c(C#N)c2)nc(C(C)(C)C)n1. The van der Waals surface area contributed by atoms with E-state index in [1.165, 1.54) is 0 Å². The molecule has 0 amide bonds. The third-order valence-corrected chi connectivity index (χ3v) is 20.9. The monoisotopic (exact) mass is 1440 g/mol. The molecule has 0 bridgehead atoms. The molecule has 534 valence electrons. The number of benzene rings is 14. The molecule has 11 heteroatoms. The quantitative estimate of drug-likeness (QED) is 0.0985. The van der Waals surface area contributed by atoms with Crippen LogP contribution in [0.4, 0.5) is 34.1 Å². The highest BCUT2D eigenvalue weighted by Gasteiger charge is 2.30. The van der Waals surface area contributed by atoms with Crippen molar-refractivity contribution in [3.8, 4) is 102 Å². The molecule has 18 rings (SSSR count). The van der Waals surface area contributed by atoms with Gasteiger partial charge in [-0.3, -0.25) is 0 Å². The van der Waals surface area contributed by atoms with E-state index in [2.05, 4.69) is 352 Å². The zero-order chi connectivity index (χ0) is 76.2. The van der Waals surface area contributed by atoms with E-state index in [0.717, 1.165) is 151 Å². The van der Waals surface area contributed by atoms with Gasteiger partial charge in [0, 0.05) is 77.4 Å². The van der Waals surface area contributed by atoms with E-state index in [0.29, 0.717) is 40.0 Å². The number of anilines is 6. The van der Waals surface area contributed by atoms with Crippen molar-refractivity contribution >= 4 is 77.7 Å². The highest BCUT2D eigenvalue weighted by Crippen LogP contribution is 2.49. The number of fused-ring (bicyclic) bond motifs is 6. The standard InChI is InChI=1S/C101H75N11/c1-100(2,3)98-106-97(107-99(108-98)101(4,5)6)74-52-56-89(77(59-74)65-103)112-91-57-50-72(66-28-13-7-14-29-66)60-84(91)85-61-75(67-30-15-8-16-31-67)62-93(95(85)112)110(80-38-23-12-24-39-80)81-53-48-69(49-54-81)68-44-46-71(47-45-68)87-63-86(70-32-17-9-18-33-70)104-96(105-87)73-51-55-88(76(58-73)64-102)111-90-42-26-25-40-82(90)83-41-27-43-92(94(83)111)109(78-34-19-10-20-35-78)79-36-21-11-22-37-79/h7-63H,1-6H3. The lowest BCUT2D eigenvalue weighted by Crippen LogP contribution is -2.24. The Labute approximate surface area is 651 Å². The van der Waals surface area contributed by atoms with E-state index >= 15 is 0 Å². The molecule has 0 atom stereocenters. The minimum atomic E-state index is -0.353. The first-order valence-electron chi connectivity index (χ1n) is 37.7. The molecule has 14 aromatic carbocycles. The van der Waals surface area contributed by atoms with Crippen LogP contribution in [0.2, 0.25) is 0 Å². The zero-order valence-electron chi connectivity index (χ0n) is 62.8. The molecule has 18 aromatic rings. The maximum Gasteiger partial charge on any atom is 0.163 e. The Hall–Kier alpha value is -14.7. The van der Waals surface area contributed by atoms with Gasteiger partial charge in [-0.25, -0.2) is 24.9 Å². The Balaban J connectivity index is 0.745. The van der Waals surface area contributed by atoms with E-state index in [9.17, 15) is 10.5 Å². The number of aromatic nitrogens is 7. The third kappa shape index (κ3) is 12.8. The second-order valence-corrected chi connectivity index (χ2v) is 30.3. The molecule has 0 radical (unpaired) electrons. The fourth-order valence-corrected chi connectivity index (χ4v) is 15.4. The summed E-state index contributed by atoms with van der Waals surface area (Å²) in [4.78, 5) is 30.4. The average Bonchev–Trinajstić information content (AvgIpc) is 1.56. The smallest absolute Gasteiger partial charge is 0.163 e. The van der Waals surface area contributed by atoms with Crippen molar-refractivity contribution in [3.63, 3.8) is 0 Å². The van der Waals surface area contributed by atoms with Gasteiger partial charge in [-0.15, -0.1) is 0 Å². The molecule has 0 saturated heterocycles. The topological polar surface area (TPSA) is 128 Å². The molecular weight excluding hydrogens is 1370 g/mol. The number of rotatable bonds is 15. The average molecular weight is 1440 g/mol. The van der Waals surface area contributed by atoms with Crippen LogP contribution in [0.1, 0.15) is 64.3 Å². The van der Waals surface area contributed by atoms with Crippen molar-refractivity contribution < 1.29 is 0 Å². The van der Waals surface area contributed by atoms with E-state index < -0.39 is 0 Å². The summed E-state index contributed by atoms with van der Waals surface area (Å²) in [5.41, 5.74) is 22.5. The van der Waals surface area contributed by atoms with E-state index in [1.807, 2.05) is 66.7 Å². The summed E-state index contributed by atoms with van der Waals surface area (Å²) < 4.78 is 4.52. The van der Waals surface area contributed by atoms with Gasteiger partial charge in [0.2, 0.25) is 0 Å². The predicted octanol–water partition coefficient (Wildman–Crippen LogP) is 25.8. The molecule has 0 aliphatic carbocycles. The molecule has 0 fully saturated rings. The lowest BCUT2D eigenvalue weighted by molar-refractivity contribution is 0.497. The summed E-state index contributed by atoms with van der Waals surface area (Å²) in [5, 5.41) is 27.1. The third-order valence-electron chi connectivity index (χ3n) is 20.9. The van der Waals surface area contributed by atoms with Crippen molar-refractivity contribution in [2.24, 2.45) is 0 Å². The van der Waals surface area contributed by atoms with E-state index in [4.69, 9.17) is 24.9 Å². The first-order chi connectivity index (χ1) is 54.7. The number of para-hydroxylation sites is 5. The summed E-state index contributed by atoms with van der Waals surface area (Å²) in [5.74, 6) is 2.41. The van der Waals surface area contributed by atoms with Crippen molar-refractivity contribution in [2.75, 3.05) is 9.80 Å². The Morgan fingerprint density at radius 1 is 0.268 bits per heavy atom. The van der Waals surface area contributed by atoms with E-state index in [-0.39, 0.29) is 10.8 Å². The summed E-state index contributed by atoms with van der Waals surface area (Å²) in [7, 11) is 0. The molecule has 11 nitrogen and oxygen atoms in total. The van der Waals surface area contributed by atoms with Crippen molar-refractivity contribution in [2.45, 2.75) is 52.4 Å². The van der Waals surface area contributed by atoms with Crippen LogP contribution in [0.5, 0.6) is 0 Å². The zero-order valence-corrected chi connectivity index (χ0v) is 62.8. The second-order valence-electron chi connectivity index (χ2n) is 30.3. The number of hydrogen-bond donors (Lipinski definition) is 0. The van der Waals surface area contributed by atoms with Gasteiger partial charge in [0.05, 0.1) is 67.3 Å².